The van der Waals surface area contributed by atoms with E-state index >= 15 is 0 Å². The number of aryl methyl sites for hydroxylation is 1. The third-order valence-electron chi connectivity index (χ3n) is 6.30. The van der Waals surface area contributed by atoms with Crippen molar-refractivity contribution in [3.05, 3.63) is 23.0 Å². The van der Waals surface area contributed by atoms with Crippen molar-refractivity contribution in [1.29, 1.82) is 0 Å². The first-order valence-electron chi connectivity index (χ1n) is 9.37. The van der Waals surface area contributed by atoms with Gasteiger partial charge in [0.2, 0.25) is 0 Å². The van der Waals surface area contributed by atoms with Crippen LogP contribution >= 0.6 is 12.2 Å². The monoisotopic (exact) mass is 374 g/mol. The predicted molar refractivity (Wildman–Crippen MR) is 104 cm³/mol. The maximum Gasteiger partial charge on any atom is 0.187 e. The van der Waals surface area contributed by atoms with Gasteiger partial charge in [0.1, 0.15) is 5.75 Å². The zero-order chi connectivity index (χ0) is 18.3. The number of hydrogen-bond donors (Lipinski definition) is 4. The van der Waals surface area contributed by atoms with Gasteiger partial charge in [-0.2, -0.15) is 5.10 Å². The molecule has 1 aromatic rings. The molecule has 0 saturated heterocycles. The maximum absolute atomic E-state index is 10.1. The molecule has 4 aliphatic carbocycles. The Morgan fingerprint density at radius 1 is 1.31 bits per heavy atom. The summed E-state index contributed by atoms with van der Waals surface area (Å²) in [5.74, 6) is 2.58. The molecule has 0 atom stereocenters. The maximum atomic E-state index is 10.1. The number of pyridine rings is 1. The van der Waals surface area contributed by atoms with Crippen LogP contribution in [0.3, 0.4) is 0 Å². The molecule has 0 aliphatic heterocycles. The zero-order valence-corrected chi connectivity index (χ0v) is 15.9. The van der Waals surface area contributed by atoms with Crippen LogP contribution in [0.5, 0.6) is 5.75 Å². The van der Waals surface area contributed by atoms with E-state index in [-0.39, 0.29) is 17.9 Å². The van der Waals surface area contributed by atoms with E-state index in [2.05, 4.69) is 20.8 Å². The fraction of sp³-hybridized carbons (Fsp3) is 0.632. The SMILES string of the molecule is Cc1ncc(CO)c(/C=N/NC(=S)NC23CC4CC(CC(C4)C2)C3)c1O. The molecule has 0 amide bonds. The summed E-state index contributed by atoms with van der Waals surface area (Å²) < 4.78 is 0. The smallest absolute Gasteiger partial charge is 0.187 e. The van der Waals surface area contributed by atoms with Gasteiger partial charge in [-0.25, -0.2) is 0 Å². The lowest BCUT2D eigenvalue weighted by Gasteiger charge is -2.57. The normalized spacial score (nSPS) is 32.2. The number of aromatic hydroxyl groups is 1. The van der Waals surface area contributed by atoms with Crippen molar-refractivity contribution in [2.45, 2.75) is 57.6 Å². The Bertz CT molecular complexity index is 714. The number of aliphatic hydroxyl groups excluding tert-OH is 1. The van der Waals surface area contributed by atoms with Gasteiger partial charge in [0, 0.05) is 22.9 Å². The Labute approximate surface area is 159 Å². The van der Waals surface area contributed by atoms with Crippen molar-refractivity contribution in [1.82, 2.24) is 15.7 Å². The molecule has 4 bridgehead atoms. The van der Waals surface area contributed by atoms with Gasteiger partial charge in [0.25, 0.3) is 0 Å². The summed E-state index contributed by atoms with van der Waals surface area (Å²) in [4.78, 5) is 4.05. The van der Waals surface area contributed by atoms with Gasteiger partial charge in [0.05, 0.1) is 18.5 Å². The molecule has 4 fully saturated rings. The molecular formula is C19H26N4O2S. The molecule has 4 N–H and O–H groups in total. The number of nitrogens with zero attached hydrogens (tertiary/aromatic N) is 2. The van der Waals surface area contributed by atoms with E-state index in [0.29, 0.717) is 21.9 Å². The van der Waals surface area contributed by atoms with Crippen molar-refractivity contribution in [2.75, 3.05) is 0 Å². The van der Waals surface area contributed by atoms with Crippen LogP contribution in [-0.2, 0) is 6.61 Å². The van der Waals surface area contributed by atoms with Gasteiger partial charge in [0.15, 0.2) is 5.11 Å². The summed E-state index contributed by atoms with van der Waals surface area (Å²) in [6.07, 6.45) is 10.8. The quantitative estimate of drug-likeness (QED) is 0.368. The Balaban J connectivity index is 1.41. The summed E-state index contributed by atoms with van der Waals surface area (Å²) in [5.41, 5.74) is 4.51. The Kier molecular flexibility index (Phi) is 4.61. The standard InChI is InChI=1S/C19H26N4O2S/c1-11-17(25)16(15(10-24)8-20-11)9-21-23-18(26)22-19-5-12-2-13(6-19)4-14(3-12)7-19/h8-9,12-14,24-25H,2-7,10H2,1H3,(H2,22,23,26)/b21-9+. The van der Waals surface area contributed by atoms with Gasteiger partial charge in [-0.15, -0.1) is 0 Å². The van der Waals surface area contributed by atoms with Gasteiger partial charge in [-0.05, 0) is 75.4 Å². The molecule has 4 aliphatic rings. The minimum absolute atomic E-state index is 0.0297. The molecule has 1 aromatic heterocycles. The van der Waals surface area contributed by atoms with Gasteiger partial charge in [-0.3, -0.25) is 10.4 Å². The molecule has 140 valence electrons. The number of aliphatic hydroxyl groups is 1. The molecule has 0 aromatic carbocycles. The lowest BCUT2D eigenvalue weighted by Crippen LogP contribution is -2.61. The number of rotatable bonds is 4. The third-order valence-corrected chi connectivity index (χ3v) is 6.50. The average molecular weight is 375 g/mol. The molecule has 6 nitrogen and oxygen atoms in total. The molecule has 0 unspecified atom stereocenters. The van der Waals surface area contributed by atoms with E-state index in [0.717, 1.165) is 17.8 Å². The highest BCUT2D eigenvalue weighted by Gasteiger charge is 2.51. The van der Waals surface area contributed by atoms with Gasteiger partial charge in [-0.1, -0.05) is 0 Å². The molecular weight excluding hydrogens is 348 g/mol. The topological polar surface area (TPSA) is 89.8 Å². The number of aromatic nitrogens is 1. The zero-order valence-electron chi connectivity index (χ0n) is 15.0. The van der Waals surface area contributed by atoms with E-state index in [4.69, 9.17) is 12.2 Å². The van der Waals surface area contributed by atoms with Crippen LogP contribution in [0.1, 0.15) is 55.3 Å². The second-order valence-electron chi connectivity index (χ2n) is 8.31. The first-order valence-corrected chi connectivity index (χ1v) is 9.78. The second-order valence-corrected chi connectivity index (χ2v) is 8.72. The van der Waals surface area contributed by atoms with Gasteiger partial charge < -0.3 is 15.5 Å². The lowest BCUT2D eigenvalue weighted by molar-refractivity contribution is -0.0101. The molecule has 5 rings (SSSR count). The highest BCUT2D eigenvalue weighted by Crippen LogP contribution is 2.55. The van der Waals surface area contributed by atoms with E-state index in [1.807, 2.05) is 0 Å². The molecule has 7 heteroatoms. The van der Waals surface area contributed by atoms with Crippen molar-refractivity contribution in [3.63, 3.8) is 0 Å². The summed E-state index contributed by atoms with van der Waals surface area (Å²) >= 11 is 5.46. The van der Waals surface area contributed by atoms with Crippen LogP contribution < -0.4 is 10.7 Å². The van der Waals surface area contributed by atoms with Crippen LogP contribution in [0.2, 0.25) is 0 Å². The highest BCUT2D eigenvalue weighted by molar-refractivity contribution is 7.80. The summed E-state index contributed by atoms with van der Waals surface area (Å²) in [5, 5.41) is 27.8. The Morgan fingerprint density at radius 3 is 2.50 bits per heavy atom. The summed E-state index contributed by atoms with van der Waals surface area (Å²) in [6.45, 7) is 1.50. The predicted octanol–water partition coefficient (Wildman–Crippen LogP) is 2.35. The first-order chi connectivity index (χ1) is 12.5. The number of hydrogen-bond acceptors (Lipinski definition) is 5. The van der Waals surface area contributed by atoms with Crippen LogP contribution in [0.25, 0.3) is 0 Å². The Hall–Kier alpha value is -1.73. The van der Waals surface area contributed by atoms with Gasteiger partial charge >= 0.3 is 0 Å². The van der Waals surface area contributed by atoms with E-state index in [9.17, 15) is 10.2 Å². The largest absolute Gasteiger partial charge is 0.505 e. The van der Waals surface area contributed by atoms with Crippen molar-refractivity contribution < 1.29 is 10.2 Å². The fourth-order valence-corrected chi connectivity index (χ4v) is 5.88. The Morgan fingerprint density at radius 2 is 1.92 bits per heavy atom. The molecule has 26 heavy (non-hydrogen) atoms. The number of thiocarbonyl (C=S) groups is 1. The van der Waals surface area contributed by atoms with Crippen molar-refractivity contribution in [2.24, 2.45) is 22.9 Å². The fourth-order valence-electron chi connectivity index (χ4n) is 5.61. The first kappa shape index (κ1) is 17.7. The van der Waals surface area contributed by atoms with Crippen LogP contribution in [0.4, 0.5) is 0 Å². The molecule has 1 heterocycles. The van der Waals surface area contributed by atoms with Crippen LogP contribution in [0, 0.1) is 24.7 Å². The van der Waals surface area contributed by atoms with E-state index in [1.54, 1.807) is 13.1 Å². The van der Waals surface area contributed by atoms with Crippen molar-refractivity contribution >= 4 is 23.5 Å². The van der Waals surface area contributed by atoms with Crippen molar-refractivity contribution in [3.8, 4) is 5.75 Å². The van der Waals surface area contributed by atoms with E-state index in [1.165, 1.54) is 44.7 Å². The number of hydrazone groups is 1. The summed E-state index contributed by atoms with van der Waals surface area (Å²) in [6, 6.07) is 0. The lowest BCUT2D eigenvalue weighted by atomic mass is 9.53. The van der Waals surface area contributed by atoms with Crippen LogP contribution in [-0.4, -0.2) is 32.1 Å². The highest BCUT2D eigenvalue weighted by atomic mass is 32.1. The van der Waals surface area contributed by atoms with Crippen LogP contribution in [0.15, 0.2) is 11.3 Å². The summed E-state index contributed by atoms with van der Waals surface area (Å²) in [7, 11) is 0. The minimum Gasteiger partial charge on any atom is -0.505 e. The average Bonchev–Trinajstić information content (AvgIpc) is 2.57. The second kappa shape index (κ2) is 6.78. The minimum atomic E-state index is -0.210. The molecule has 0 spiro atoms. The third kappa shape index (κ3) is 3.30. The molecule has 0 radical (unpaired) electrons. The number of nitrogens with one attached hydrogen (secondary N) is 2. The molecule has 4 saturated carbocycles. The van der Waals surface area contributed by atoms with E-state index < -0.39 is 0 Å².